The molecule has 2 N–H and O–H groups in total. The van der Waals surface area contributed by atoms with Crippen molar-refractivity contribution in [1.29, 1.82) is 0 Å². The Morgan fingerprint density at radius 1 is 1.29 bits per heavy atom. The van der Waals surface area contributed by atoms with Crippen LogP contribution in [0.1, 0.15) is 36.8 Å². The van der Waals surface area contributed by atoms with E-state index < -0.39 is 6.10 Å². The largest absolute Gasteiger partial charge is 0.482 e. The topological polar surface area (TPSA) is 96.7 Å². The van der Waals surface area contributed by atoms with E-state index in [2.05, 4.69) is 20.4 Å². The number of aromatic nitrogens is 6. The lowest BCUT2D eigenvalue weighted by molar-refractivity contribution is 0.227. The predicted molar refractivity (Wildman–Crippen MR) is 114 cm³/mol. The van der Waals surface area contributed by atoms with Crippen LogP contribution in [-0.2, 0) is 20.0 Å². The van der Waals surface area contributed by atoms with E-state index in [1.807, 2.05) is 37.8 Å². The van der Waals surface area contributed by atoms with Gasteiger partial charge in [0.1, 0.15) is 11.9 Å². The molecule has 2 bridgehead atoms. The number of anilines is 1. The van der Waals surface area contributed by atoms with Gasteiger partial charge in [-0.25, -0.2) is 14.1 Å². The molecule has 1 unspecified atom stereocenters. The minimum Gasteiger partial charge on any atom is -0.482 e. The van der Waals surface area contributed by atoms with Gasteiger partial charge in [0, 0.05) is 41.7 Å². The molecule has 1 aromatic carbocycles. The van der Waals surface area contributed by atoms with Gasteiger partial charge in [0.05, 0.1) is 23.6 Å². The summed E-state index contributed by atoms with van der Waals surface area (Å²) < 4.78 is 24.0. The zero-order valence-corrected chi connectivity index (χ0v) is 17.5. The van der Waals surface area contributed by atoms with Gasteiger partial charge in [-0.1, -0.05) is 12.1 Å². The quantitative estimate of drug-likeness (QED) is 0.507. The summed E-state index contributed by atoms with van der Waals surface area (Å²) in [5.74, 6) is 0.350. The van der Waals surface area contributed by atoms with Crippen molar-refractivity contribution in [3.05, 3.63) is 59.3 Å². The number of ether oxygens (including phenoxy) is 1. The van der Waals surface area contributed by atoms with Crippen molar-refractivity contribution in [2.75, 3.05) is 5.73 Å². The van der Waals surface area contributed by atoms with Crippen LogP contribution in [0.4, 0.5) is 10.2 Å². The first-order valence-corrected chi connectivity index (χ1v) is 10.1. The van der Waals surface area contributed by atoms with Crippen molar-refractivity contribution in [3.63, 3.8) is 0 Å². The molecule has 8 nitrogen and oxygen atoms in total. The SMILES string of the molecule is CCc1nnn2c1-c1cnc(N)c(c1)OC(C)c1cc(F)ccc1-c1nn(C)cc1C2. The van der Waals surface area contributed by atoms with Crippen LogP contribution in [-0.4, -0.2) is 29.8 Å². The molecular weight excluding hydrogens is 397 g/mol. The number of nitrogens with two attached hydrogens (primary N) is 1. The molecule has 9 heteroatoms. The van der Waals surface area contributed by atoms with Crippen LogP contribution >= 0.6 is 0 Å². The second-order valence-corrected chi connectivity index (χ2v) is 7.67. The maximum atomic E-state index is 14.2. The third-order valence-electron chi connectivity index (χ3n) is 5.53. The Labute approximate surface area is 178 Å². The number of hydrogen-bond donors (Lipinski definition) is 1. The van der Waals surface area contributed by atoms with Gasteiger partial charge in [0.25, 0.3) is 0 Å². The van der Waals surface area contributed by atoms with E-state index in [4.69, 9.17) is 10.5 Å². The first-order chi connectivity index (χ1) is 14.9. The third-order valence-corrected chi connectivity index (χ3v) is 5.53. The number of hydrogen-bond acceptors (Lipinski definition) is 6. The number of rotatable bonds is 1. The molecule has 4 heterocycles. The first-order valence-electron chi connectivity index (χ1n) is 10.1. The molecule has 0 spiro atoms. The summed E-state index contributed by atoms with van der Waals surface area (Å²) in [6, 6.07) is 6.49. The smallest absolute Gasteiger partial charge is 0.166 e. The van der Waals surface area contributed by atoms with E-state index in [0.717, 1.165) is 33.8 Å². The monoisotopic (exact) mass is 419 g/mol. The van der Waals surface area contributed by atoms with Crippen molar-refractivity contribution in [2.45, 2.75) is 32.9 Å². The average molecular weight is 419 g/mol. The average Bonchev–Trinajstić information content (AvgIpc) is 3.32. The van der Waals surface area contributed by atoms with Gasteiger partial charge in [-0.2, -0.15) is 5.10 Å². The first kappa shape index (κ1) is 19.2. The number of benzene rings is 1. The van der Waals surface area contributed by atoms with Gasteiger partial charge < -0.3 is 10.5 Å². The molecule has 31 heavy (non-hydrogen) atoms. The van der Waals surface area contributed by atoms with Crippen LogP contribution in [0.5, 0.6) is 5.75 Å². The minimum absolute atomic E-state index is 0.265. The van der Waals surface area contributed by atoms with Crippen LogP contribution in [0.3, 0.4) is 0 Å². The lowest BCUT2D eigenvalue weighted by Gasteiger charge is -2.21. The standard InChI is InChI=1S/C22H22FN7O/c1-4-18-21-13-7-19(22(24)25-9-13)31-12(2)17-8-15(23)5-6-16(17)20-14(10-29(3)27-20)11-30(21)28-26-18/h5-10,12H,4,11H2,1-3H3,(H2,24,25). The summed E-state index contributed by atoms with van der Waals surface area (Å²) in [5, 5.41) is 13.4. The maximum Gasteiger partial charge on any atom is 0.166 e. The second kappa shape index (κ2) is 7.19. The van der Waals surface area contributed by atoms with Crippen LogP contribution in [0.15, 0.2) is 36.7 Å². The Bertz CT molecular complexity index is 1290. The van der Waals surface area contributed by atoms with E-state index in [-0.39, 0.29) is 11.6 Å². The maximum absolute atomic E-state index is 14.2. The Balaban J connectivity index is 1.81. The number of pyridine rings is 1. The molecule has 0 radical (unpaired) electrons. The summed E-state index contributed by atoms with van der Waals surface area (Å²) in [4.78, 5) is 4.33. The molecule has 3 aromatic heterocycles. The number of nitrogen functional groups attached to an aromatic ring is 1. The van der Waals surface area contributed by atoms with Gasteiger partial charge in [-0.3, -0.25) is 4.68 Å². The highest BCUT2D eigenvalue weighted by atomic mass is 19.1. The van der Waals surface area contributed by atoms with Crippen molar-refractivity contribution in [3.8, 4) is 28.3 Å². The molecule has 5 rings (SSSR count). The highest BCUT2D eigenvalue weighted by Crippen LogP contribution is 2.37. The van der Waals surface area contributed by atoms with Crippen LogP contribution < -0.4 is 10.5 Å². The molecule has 0 amide bonds. The van der Waals surface area contributed by atoms with Crippen molar-refractivity contribution in [2.24, 2.45) is 7.05 Å². The van der Waals surface area contributed by atoms with E-state index in [9.17, 15) is 4.39 Å². The Kier molecular flexibility index (Phi) is 4.46. The van der Waals surface area contributed by atoms with E-state index in [1.54, 1.807) is 16.9 Å². The summed E-state index contributed by atoms with van der Waals surface area (Å²) >= 11 is 0. The minimum atomic E-state index is -0.479. The normalized spacial score (nSPS) is 15.2. The molecule has 0 fully saturated rings. The van der Waals surface area contributed by atoms with E-state index in [1.165, 1.54) is 12.1 Å². The summed E-state index contributed by atoms with van der Waals surface area (Å²) in [6.07, 6.45) is 3.88. The molecule has 1 aliphatic heterocycles. The fourth-order valence-electron chi connectivity index (χ4n) is 4.07. The summed E-state index contributed by atoms with van der Waals surface area (Å²) in [6.45, 7) is 4.35. The van der Waals surface area contributed by atoms with E-state index in [0.29, 0.717) is 24.3 Å². The molecule has 4 aromatic rings. The van der Waals surface area contributed by atoms with Gasteiger partial charge in [-0.15, -0.1) is 5.10 Å². The van der Waals surface area contributed by atoms with Crippen LogP contribution in [0, 0.1) is 5.82 Å². The highest BCUT2D eigenvalue weighted by Gasteiger charge is 2.24. The number of halogens is 1. The van der Waals surface area contributed by atoms with Crippen LogP contribution in [0.25, 0.3) is 22.5 Å². The molecule has 158 valence electrons. The van der Waals surface area contributed by atoms with Gasteiger partial charge >= 0.3 is 0 Å². The fraction of sp³-hybridized carbons (Fsp3) is 0.273. The van der Waals surface area contributed by atoms with Gasteiger partial charge in [0.2, 0.25) is 0 Å². The molecule has 1 aliphatic rings. The number of nitrogens with zero attached hydrogens (tertiary/aromatic N) is 6. The van der Waals surface area contributed by atoms with Gasteiger partial charge in [-0.05, 0) is 37.6 Å². The predicted octanol–water partition coefficient (Wildman–Crippen LogP) is 3.53. The summed E-state index contributed by atoms with van der Waals surface area (Å²) in [5.41, 5.74) is 11.8. The van der Waals surface area contributed by atoms with Crippen LogP contribution in [0.2, 0.25) is 0 Å². The highest BCUT2D eigenvalue weighted by molar-refractivity contribution is 5.70. The zero-order chi connectivity index (χ0) is 21.7. The Hall–Kier alpha value is -3.75. The molecule has 1 atom stereocenters. The molecule has 0 saturated heterocycles. The van der Waals surface area contributed by atoms with Crippen molar-refractivity contribution in [1.82, 2.24) is 29.8 Å². The van der Waals surface area contributed by atoms with E-state index >= 15 is 0 Å². The fourth-order valence-corrected chi connectivity index (χ4v) is 4.07. The summed E-state index contributed by atoms with van der Waals surface area (Å²) in [7, 11) is 1.86. The number of fused-ring (bicyclic) bond motifs is 7. The lowest BCUT2D eigenvalue weighted by atomic mass is 9.97. The Morgan fingerprint density at radius 3 is 2.94 bits per heavy atom. The van der Waals surface area contributed by atoms with Crippen molar-refractivity contribution < 1.29 is 9.13 Å². The molecule has 0 aliphatic carbocycles. The molecular formula is C22H22FN7O. The Morgan fingerprint density at radius 2 is 2.13 bits per heavy atom. The zero-order valence-electron chi connectivity index (χ0n) is 17.5. The van der Waals surface area contributed by atoms with Gasteiger partial charge in [0.15, 0.2) is 11.6 Å². The lowest BCUT2D eigenvalue weighted by Crippen LogP contribution is -2.11. The third kappa shape index (κ3) is 3.22. The van der Waals surface area contributed by atoms with Crippen molar-refractivity contribution >= 4 is 5.82 Å². The molecule has 0 saturated carbocycles. The second-order valence-electron chi connectivity index (χ2n) is 7.67. The number of aryl methyl sites for hydroxylation is 2.